The molecule has 0 aliphatic heterocycles. The Hall–Kier alpha value is -6.31. The van der Waals surface area contributed by atoms with E-state index in [0.717, 1.165) is 29.0 Å². The van der Waals surface area contributed by atoms with E-state index in [2.05, 4.69) is 38.5 Å². The first-order valence-corrected chi connectivity index (χ1v) is 16.0. The van der Waals surface area contributed by atoms with E-state index < -0.39 is 52.5 Å². The minimum atomic E-state index is -4.84. The van der Waals surface area contributed by atoms with Gasteiger partial charge in [0, 0.05) is 11.4 Å². The number of nitrogens with one attached hydrogen (secondary N) is 2. The van der Waals surface area contributed by atoms with Crippen molar-refractivity contribution in [2.45, 2.75) is 33.1 Å². The number of nitrogens with zero attached hydrogens (tertiary/aromatic N) is 1. The Morgan fingerprint density at radius 3 is 1.74 bits per heavy atom. The maximum absolute atomic E-state index is 13.7. The van der Waals surface area contributed by atoms with Crippen LogP contribution in [0, 0.1) is 32.4 Å². The second kappa shape index (κ2) is 15.7. The predicted octanol–water partition coefficient (Wildman–Crippen LogP) is 11.4. The van der Waals surface area contributed by atoms with Crippen molar-refractivity contribution in [3.63, 3.8) is 0 Å². The first-order valence-electron chi connectivity index (χ1n) is 16.0. The molecule has 0 aliphatic carbocycles. The number of anilines is 2. The molecule has 2 amide bonds. The molecule has 0 saturated heterocycles. The van der Waals surface area contributed by atoms with Gasteiger partial charge in [0.15, 0.2) is 11.6 Å². The molecule has 278 valence electrons. The van der Waals surface area contributed by atoms with Crippen LogP contribution in [0.2, 0.25) is 0 Å². The van der Waals surface area contributed by atoms with E-state index in [9.17, 15) is 44.7 Å². The van der Waals surface area contributed by atoms with Gasteiger partial charge in [-0.05, 0) is 103 Å². The van der Waals surface area contributed by atoms with E-state index in [0.29, 0.717) is 29.6 Å². The molecule has 6 rings (SSSR count). The molecule has 0 unspecified atom stereocenters. The maximum Gasteiger partial charge on any atom is 0.417 e. The third kappa shape index (κ3) is 9.18. The molecule has 0 fully saturated rings. The highest BCUT2D eigenvalue weighted by molar-refractivity contribution is 6.05. The SMILES string of the molecule is Cc1ccc(C)c(-c2ccc(NC(=O)c3cccc(F)c3F)cc2)c1.Cc1nocc1C(=O)Nc1ccc(-c2cc(C(F)(F)F)ccc2C(F)(F)F)cc1. The summed E-state index contributed by atoms with van der Waals surface area (Å²) in [6, 6.07) is 23.2. The molecule has 14 heteroatoms. The van der Waals surface area contributed by atoms with Gasteiger partial charge in [-0.15, -0.1) is 0 Å². The van der Waals surface area contributed by atoms with Crippen LogP contribution in [0.5, 0.6) is 0 Å². The van der Waals surface area contributed by atoms with Gasteiger partial charge in [0.2, 0.25) is 0 Å². The van der Waals surface area contributed by atoms with Crippen LogP contribution in [0.3, 0.4) is 0 Å². The standard InChI is InChI=1S/C21H17F2NO.C19H12F6N2O2/c1-13-6-7-14(2)18(12-13)15-8-10-16(11-9-15)24-21(25)17-4-3-5-19(22)20(17)23;1-10-15(9-29-27-10)17(28)26-13-5-2-11(3-6-13)14-8-12(18(20,21)22)4-7-16(14)19(23,24)25/h3-12H,1-2H3,(H,24,25);2-9H,1H3,(H,26,28). The van der Waals surface area contributed by atoms with Crippen molar-refractivity contribution in [3.05, 3.63) is 160 Å². The van der Waals surface area contributed by atoms with Crippen molar-refractivity contribution in [3.8, 4) is 22.3 Å². The summed E-state index contributed by atoms with van der Waals surface area (Å²) >= 11 is 0. The Bertz CT molecular complexity index is 2300. The minimum Gasteiger partial charge on any atom is -0.364 e. The maximum atomic E-state index is 13.7. The lowest BCUT2D eigenvalue weighted by Crippen LogP contribution is -2.14. The van der Waals surface area contributed by atoms with Crippen molar-refractivity contribution < 1.29 is 49.2 Å². The van der Waals surface area contributed by atoms with Gasteiger partial charge in [-0.1, -0.05) is 59.3 Å². The highest BCUT2D eigenvalue weighted by Crippen LogP contribution is 2.41. The van der Waals surface area contributed by atoms with Crippen molar-refractivity contribution in [2.75, 3.05) is 10.6 Å². The van der Waals surface area contributed by atoms with Crippen molar-refractivity contribution in [1.29, 1.82) is 0 Å². The lowest BCUT2D eigenvalue weighted by Gasteiger charge is -2.16. The van der Waals surface area contributed by atoms with Crippen LogP contribution >= 0.6 is 0 Å². The molecule has 6 aromatic rings. The summed E-state index contributed by atoms with van der Waals surface area (Å²) in [5.41, 5.74) is 2.34. The fourth-order valence-electron chi connectivity index (χ4n) is 5.31. The van der Waals surface area contributed by atoms with E-state index in [1.807, 2.05) is 26.0 Å². The molecule has 54 heavy (non-hydrogen) atoms. The summed E-state index contributed by atoms with van der Waals surface area (Å²) in [6.45, 7) is 5.62. The van der Waals surface area contributed by atoms with Crippen molar-refractivity contribution in [1.82, 2.24) is 5.16 Å². The van der Waals surface area contributed by atoms with Gasteiger partial charge in [-0.25, -0.2) is 8.78 Å². The molecule has 0 saturated carbocycles. The second-order valence-electron chi connectivity index (χ2n) is 12.1. The number of amides is 2. The average Bonchev–Trinajstić information content (AvgIpc) is 3.56. The van der Waals surface area contributed by atoms with Crippen LogP contribution in [-0.4, -0.2) is 17.0 Å². The molecule has 5 aromatic carbocycles. The molecule has 0 bridgehead atoms. The first-order chi connectivity index (χ1) is 25.4. The zero-order valence-electron chi connectivity index (χ0n) is 28.6. The van der Waals surface area contributed by atoms with Gasteiger partial charge in [-0.2, -0.15) is 26.3 Å². The zero-order valence-corrected chi connectivity index (χ0v) is 28.6. The molecule has 6 nitrogen and oxygen atoms in total. The number of rotatable bonds is 6. The van der Waals surface area contributed by atoms with Gasteiger partial charge >= 0.3 is 12.4 Å². The monoisotopic (exact) mass is 751 g/mol. The Labute approximate surface area is 303 Å². The largest absolute Gasteiger partial charge is 0.417 e. The fraction of sp³-hybridized carbons (Fsp3) is 0.125. The lowest BCUT2D eigenvalue weighted by atomic mass is 9.96. The molecule has 1 aromatic heterocycles. The Kier molecular flexibility index (Phi) is 11.3. The van der Waals surface area contributed by atoms with Crippen LogP contribution < -0.4 is 10.6 Å². The van der Waals surface area contributed by atoms with E-state index in [1.165, 1.54) is 42.0 Å². The number of hydrogen-bond donors (Lipinski definition) is 2. The summed E-state index contributed by atoms with van der Waals surface area (Å²) < 4.78 is 110. The summed E-state index contributed by atoms with van der Waals surface area (Å²) in [4.78, 5) is 24.2. The van der Waals surface area contributed by atoms with Crippen LogP contribution in [0.1, 0.15) is 48.7 Å². The summed E-state index contributed by atoms with van der Waals surface area (Å²) in [5, 5.41) is 8.65. The number of halogens is 8. The van der Waals surface area contributed by atoms with Crippen molar-refractivity contribution >= 4 is 23.2 Å². The van der Waals surface area contributed by atoms with Crippen LogP contribution in [0.15, 0.2) is 114 Å². The number of carbonyl (C=O) groups excluding carboxylic acids is 2. The highest BCUT2D eigenvalue weighted by atomic mass is 19.4. The smallest absolute Gasteiger partial charge is 0.364 e. The van der Waals surface area contributed by atoms with Crippen LogP contribution in [0.4, 0.5) is 46.5 Å². The third-order valence-electron chi connectivity index (χ3n) is 8.14. The summed E-state index contributed by atoms with van der Waals surface area (Å²) in [5.74, 6) is -3.42. The molecule has 0 radical (unpaired) electrons. The van der Waals surface area contributed by atoms with E-state index in [4.69, 9.17) is 0 Å². The van der Waals surface area contributed by atoms with Gasteiger partial charge in [0.1, 0.15) is 11.8 Å². The summed E-state index contributed by atoms with van der Waals surface area (Å²) in [7, 11) is 0. The molecular weight excluding hydrogens is 722 g/mol. The Balaban J connectivity index is 0.000000210. The van der Waals surface area contributed by atoms with E-state index >= 15 is 0 Å². The normalized spacial score (nSPS) is 11.4. The molecule has 0 atom stereocenters. The van der Waals surface area contributed by atoms with Gasteiger partial charge in [-0.3, -0.25) is 9.59 Å². The molecular formula is C40H29F8N3O3. The van der Waals surface area contributed by atoms with Gasteiger partial charge in [0.05, 0.1) is 22.4 Å². The van der Waals surface area contributed by atoms with Gasteiger partial charge in [0.25, 0.3) is 11.8 Å². The zero-order chi connectivity index (χ0) is 39.4. The number of aromatic nitrogens is 1. The average molecular weight is 752 g/mol. The molecule has 2 N–H and O–H groups in total. The molecule has 1 heterocycles. The first kappa shape index (κ1) is 38.9. The topological polar surface area (TPSA) is 84.2 Å². The highest BCUT2D eigenvalue weighted by Gasteiger charge is 2.37. The summed E-state index contributed by atoms with van der Waals surface area (Å²) in [6.07, 6.45) is -8.49. The number of hydrogen-bond acceptors (Lipinski definition) is 4. The second-order valence-corrected chi connectivity index (χ2v) is 12.1. The minimum absolute atomic E-state index is 0.0809. The van der Waals surface area contributed by atoms with Gasteiger partial charge < -0.3 is 15.2 Å². The quantitative estimate of drug-likeness (QED) is 0.166. The number of alkyl halides is 6. The molecule has 0 spiro atoms. The van der Waals surface area contributed by atoms with Crippen molar-refractivity contribution in [2.24, 2.45) is 0 Å². The van der Waals surface area contributed by atoms with E-state index in [1.54, 1.807) is 19.1 Å². The number of aryl methyl sites for hydroxylation is 3. The van der Waals surface area contributed by atoms with E-state index in [-0.39, 0.29) is 22.4 Å². The predicted molar refractivity (Wildman–Crippen MR) is 187 cm³/mol. The molecule has 0 aliphatic rings. The lowest BCUT2D eigenvalue weighted by molar-refractivity contribution is -0.141. The Morgan fingerprint density at radius 2 is 1.20 bits per heavy atom. The number of carbonyl (C=O) groups is 2. The fourth-order valence-corrected chi connectivity index (χ4v) is 5.31. The van der Waals surface area contributed by atoms with Crippen LogP contribution in [0.25, 0.3) is 22.3 Å². The Morgan fingerprint density at radius 1 is 0.630 bits per heavy atom. The third-order valence-corrected chi connectivity index (χ3v) is 8.14. The van der Waals surface area contributed by atoms with Crippen LogP contribution in [-0.2, 0) is 12.4 Å². The number of benzene rings is 5.